The van der Waals surface area contributed by atoms with E-state index in [1.165, 1.54) is 29.5 Å². The van der Waals surface area contributed by atoms with Crippen LogP contribution >= 0.6 is 22.9 Å². The van der Waals surface area contributed by atoms with E-state index in [1.54, 1.807) is 41.5 Å². The molecule has 0 spiro atoms. The number of nitrogens with zero attached hydrogens (tertiary/aromatic N) is 2. The number of amides is 2. The van der Waals surface area contributed by atoms with E-state index < -0.39 is 5.82 Å². The number of ether oxygens (including phenoxy) is 1. The summed E-state index contributed by atoms with van der Waals surface area (Å²) in [5.74, 6) is -1.06. The van der Waals surface area contributed by atoms with Crippen molar-refractivity contribution in [2.45, 2.75) is 38.5 Å². The Kier molecular flexibility index (Phi) is 8.89. The van der Waals surface area contributed by atoms with Crippen LogP contribution in [0.3, 0.4) is 0 Å². The van der Waals surface area contributed by atoms with E-state index in [1.807, 2.05) is 0 Å². The molecule has 2 aromatic carbocycles. The molecule has 0 unspecified atom stereocenters. The lowest BCUT2D eigenvalue weighted by Crippen LogP contribution is -2.38. The van der Waals surface area contributed by atoms with E-state index in [2.05, 4.69) is 10.3 Å². The number of carbonyl (C=O) groups excluding carboxylic acids is 3. The first-order chi connectivity index (χ1) is 17.8. The second kappa shape index (κ2) is 12.3. The van der Waals surface area contributed by atoms with Gasteiger partial charge < -0.3 is 15.0 Å². The van der Waals surface area contributed by atoms with Crippen molar-refractivity contribution in [2.75, 3.05) is 25.0 Å². The number of thiazole rings is 1. The van der Waals surface area contributed by atoms with Gasteiger partial charge in [-0.2, -0.15) is 0 Å². The molecule has 1 aliphatic rings. The third-order valence-electron chi connectivity index (χ3n) is 6.18. The molecule has 1 fully saturated rings. The SMILES string of the molecule is CCOC(=O)CCC(=O)N1CCC(c2nc(C(=O)Nc3ccc(F)cc3-c3ccc(Cl)cc3)cs2)CC1. The predicted octanol–water partition coefficient (Wildman–Crippen LogP) is 5.90. The van der Waals surface area contributed by atoms with Crippen molar-refractivity contribution >= 4 is 46.4 Å². The second-order valence-corrected chi connectivity index (χ2v) is 10.0. The molecule has 0 radical (unpaired) electrons. The van der Waals surface area contributed by atoms with E-state index in [4.69, 9.17) is 16.3 Å². The summed E-state index contributed by atoms with van der Waals surface area (Å²) < 4.78 is 18.9. The highest BCUT2D eigenvalue weighted by molar-refractivity contribution is 7.10. The number of aromatic nitrogens is 1. The van der Waals surface area contributed by atoms with Crippen LogP contribution in [0.4, 0.5) is 10.1 Å². The number of hydrogen-bond donors (Lipinski definition) is 1. The number of benzene rings is 2. The Morgan fingerprint density at radius 3 is 2.57 bits per heavy atom. The topological polar surface area (TPSA) is 88.6 Å². The van der Waals surface area contributed by atoms with Crippen LogP contribution in [-0.2, 0) is 14.3 Å². The largest absolute Gasteiger partial charge is 0.466 e. The van der Waals surface area contributed by atoms with Crippen LogP contribution in [0.5, 0.6) is 0 Å². The average Bonchev–Trinajstić information content (AvgIpc) is 3.40. The van der Waals surface area contributed by atoms with Crippen molar-refractivity contribution in [1.82, 2.24) is 9.88 Å². The first kappa shape index (κ1) is 26.8. The molecule has 194 valence electrons. The third-order valence-corrected chi connectivity index (χ3v) is 7.44. The highest BCUT2D eigenvalue weighted by atomic mass is 35.5. The minimum atomic E-state index is -0.412. The van der Waals surface area contributed by atoms with Crippen molar-refractivity contribution in [3.05, 3.63) is 69.4 Å². The van der Waals surface area contributed by atoms with Crippen LogP contribution in [0, 0.1) is 5.82 Å². The van der Waals surface area contributed by atoms with Crippen molar-refractivity contribution in [2.24, 2.45) is 0 Å². The summed E-state index contributed by atoms with van der Waals surface area (Å²) in [5.41, 5.74) is 2.03. The maximum atomic E-state index is 14.0. The molecule has 7 nitrogen and oxygen atoms in total. The molecular weight excluding hydrogens is 517 g/mol. The van der Waals surface area contributed by atoms with Gasteiger partial charge in [0.25, 0.3) is 5.91 Å². The lowest BCUT2D eigenvalue weighted by molar-refractivity contribution is -0.145. The summed E-state index contributed by atoms with van der Waals surface area (Å²) in [7, 11) is 0. The first-order valence-corrected chi connectivity index (χ1v) is 13.4. The molecule has 10 heteroatoms. The molecule has 0 aliphatic carbocycles. The van der Waals surface area contributed by atoms with Gasteiger partial charge in [0.15, 0.2) is 0 Å². The monoisotopic (exact) mass is 543 g/mol. The molecule has 3 aromatic rings. The molecule has 2 heterocycles. The number of piperidine rings is 1. The molecule has 1 aromatic heterocycles. The Bertz CT molecular complexity index is 1270. The smallest absolute Gasteiger partial charge is 0.306 e. The van der Waals surface area contributed by atoms with E-state index in [0.29, 0.717) is 41.7 Å². The molecule has 4 rings (SSSR count). The van der Waals surface area contributed by atoms with Crippen LogP contribution in [0.1, 0.15) is 54.0 Å². The lowest BCUT2D eigenvalue weighted by atomic mass is 9.97. The van der Waals surface area contributed by atoms with E-state index >= 15 is 0 Å². The summed E-state index contributed by atoms with van der Waals surface area (Å²) in [5, 5.41) is 5.98. The van der Waals surface area contributed by atoms with Gasteiger partial charge in [0.05, 0.1) is 18.0 Å². The van der Waals surface area contributed by atoms with Crippen molar-refractivity contribution in [1.29, 1.82) is 0 Å². The van der Waals surface area contributed by atoms with Crippen LogP contribution < -0.4 is 5.32 Å². The van der Waals surface area contributed by atoms with Crippen molar-refractivity contribution in [3.63, 3.8) is 0 Å². The minimum absolute atomic E-state index is 0.0542. The van der Waals surface area contributed by atoms with E-state index in [-0.39, 0.29) is 36.5 Å². The molecule has 2 amide bonds. The quantitative estimate of drug-likeness (QED) is 0.357. The Morgan fingerprint density at radius 2 is 1.86 bits per heavy atom. The van der Waals surface area contributed by atoms with Gasteiger partial charge in [0, 0.05) is 47.1 Å². The maximum absolute atomic E-state index is 14.0. The molecule has 0 bridgehead atoms. The van der Waals surface area contributed by atoms with Gasteiger partial charge in [-0.1, -0.05) is 23.7 Å². The molecular formula is C27H27ClFN3O4S. The second-order valence-electron chi connectivity index (χ2n) is 8.68. The number of nitrogens with one attached hydrogen (secondary N) is 1. The lowest BCUT2D eigenvalue weighted by Gasteiger charge is -2.31. The van der Waals surface area contributed by atoms with Gasteiger partial charge in [-0.15, -0.1) is 11.3 Å². The zero-order valence-corrected chi connectivity index (χ0v) is 21.9. The molecule has 37 heavy (non-hydrogen) atoms. The van der Waals surface area contributed by atoms with Gasteiger partial charge in [-0.25, -0.2) is 9.37 Å². The van der Waals surface area contributed by atoms with Gasteiger partial charge >= 0.3 is 5.97 Å². The van der Waals surface area contributed by atoms with Crippen molar-refractivity contribution in [3.8, 4) is 11.1 Å². The number of esters is 1. The minimum Gasteiger partial charge on any atom is -0.466 e. The van der Waals surface area contributed by atoms with Crippen LogP contribution in [0.2, 0.25) is 5.02 Å². The van der Waals surface area contributed by atoms with Crippen molar-refractivity contribution < 1.29 is 23.5 Å². The Labute approximate surface area is 223 Å². The number of carbonyl (C=O) groups is 3. The Morgan fingerprint density at radius 1 is 1.14 bits per heavy atom. The standard InChI is InChI=1S/C27H27ClFN3O4S/c1-2-36-25(34)10-9-24(33)32-13-11-18(12-14-32)27-31-23(16-37-27)26(35)30-22-8-7-20(29)15-21(22)17-3-5-19(28)6-4-17/h3-8,15-16,18H,2,9-14H2,1H3,(H,30,35). The first-order valence-electron chi connectivity index (χ1n) is 12.1. The Balaban J connectivity index is 1.36. The van der Waals surface area contributed by atoms with Gasteiger partial charge in [0.1, 0.15) is 11.5 Å². The zero-order valence-electron chi connectivity index (χ0n) is 20.3. The fourth-order valence-corrected chi connectivity index (χ4v) is 5.33. The summed E-state index contributed by atoms with van der Waals surface area (Å²) >= 11 is 7.39. The summed E-state index contributed by atoms with van der Waals surface area (Å²) in [6, 6.07) is 11.1. The van der Waals surface area contributed by atoms with Crippen LogP contribution in [0.15, 0.2) is 47.8 Å². The fourth-order valence-electron chi connectivity index (χ4n) is 4.24. The maximum Gasteiger partial charge on any atom is 0.306 e. The number of likely N-dealkylation sites (tertiary alicyclic amines) is 1. The highest BCUT2D eigenvalue weighted by Gasteiger charge is 2.27. The van der Waals surface area contributed by atoms with E-state index in [9.17, 15) is 18.8 Å². The Hall–Kier alpha value is -3.30. The normalized spacial score (nSPS) is 13.9. The third kappa shape index (κ3) is 6.93. The molecule has 0 atom stereocenters. The van der Waals surface area contributed by atoms with Gasteiger partial charge in [0.2, 0.25) is 5.91 Å². The molecule has 1 N–H and O–H groups in total. The van der Waals surface area contributed by atoms with Gasteiger partial charge in [-0.3, -0.25) is 14.4 Å². The summed E-state index contributed by atoms with van der Waals surface area (Å²) in [4.78, 5) is 43.2. The average molecular weight is 544 g/mol. The number of hydrogen-bond acceptors (Lipinski definition) is 6. The van der Waals surface area contributed by atoms with Crippen LogP contribution in [-0.4, -0.2) is 47.4 Å². The molecule has 1 saturated heterocycles. The van der Waals surface area contributed by atoms with Gasteiger partial charge in [-0.05, 0) is 55.7 Å². The van der Waals surface area contributed by atoms with Crippen LogP contribution in [0.25, 0.3) is 11.1 Å². The fraction of sp³-hybridized carbons (Fsp3) is 0.333. The highest BCUT2D eigenvalue weighted by Crippen LogP contribution is 2.32. The molecule has 0 saturated carbocycles. The summed E-state index contributed by atoms with van der Waals surface area (Å²) in [6.07, 6.45) is 1.70. The summed E-state index contributed by atoms with van der Waals surface area (Å²) in [6.45, 7) is 3.19. The number of halogens is 2. The van der Waals surface area contributed by atoms with E-state index in [0.717, 1.165) is 23.4 Å². The predicted molar refractivity (Wildman–Crippen MR) is 141 cm³/mol. The zero-order chi connectivity index (χ0) is 26.4. The number of rotatable bonds is 8. The molecule has 1 aliphatic heterocycles. The number of anilines is 1.